The number of rotatable bonds is 8. The van der Waals surface area contributed by atoms with E-state index in [2.05, 4.69) is 30.7 Å². The number of aryl methyl sites for hydroxylation is 1. The lowest BCUT2D eigenvalue weighted by Gasteiger charge is -2.13. The lowest BCUT2D eigenvalue weighted by atomic mass is 9.98. The topological polar surface area (TPSA) is 154 Å². The minimum absolute atomic E-state index is 0.00504. The fourth-order valence-corrected chi connectivity index (χ4v) is 6.05. The van der Waals surface area contributed by atoms with Crippen LogP contribution in [0.5, 0.6) is 0 Å². The van der Waals surface area contributed by atoms with E-state index in [0.717, 1.165) is 27.3 Å². The normalized spacial score (nSPS) is 14.1. The Kier molecular flexibility index (Phi) is 8.02. The zero-order valence-corrected chi connectivity index (χ0v) is 25.7. The summed E-state index contributed by atoms with van der Waals surface area (Å²) in [5.74, 6) is -1.45. The fourth-order valence-electron chi connectivity index (χ4n) is 5.22. The number of benzene rings is 4. The predicted octanol–water partition coefficient (Wildman–Crippen LogP) is 5.17. The molecule has 1 amide bonds. The van der Waals surface area contributed by atoms with Crippen molar-refractivity contribution in [2.45, 2.75) is 26.2 Å². The number of amides is 1. The molecule has 0 aliphatic carbocycles. The molecule has 0 saturated heterocycles. The quantitative estimate of drug-likeness (QED) is 0.221. The van der Waals surface area contributed by atoms with Crippen molar-refractivity contribution >= 4 is 29.2 Å². The van der Waals surface area contributed by atoms with Gasteiger partial charge in [-0.05, 0) is 51.7 Å². The number of H-pyrrole nitrogens is 1. The molecule has 0 bridgehead atoms. The number of aromatic amines is 1. The first-order chi connectivity index (χ1) is 23.0. The summed E-state index contributed by atoms with van der Waals surface area (Å²) in [4.78, 5) is 43.8. The standard InChI is InChI=1S/C34H25N7O5S/c1-2-28-38-41(19-20-15-17-21(18-16-20)22-9-3-4-10-23(22)29-36-39-40-37-29)34(47-28)35-30(42)24-11-5-6-12-25(24)31(43)45-33-27-14-8-7-13-26(27)32(44)46-33/h3-18,33H,2,19H2,1H3,(H,36,37,39,40). The van der Waals surface area contributed by atoms with Gasteiger partial charge in [0.15, 0.2) is 5.82 Å². The molecule has 7 rings (SSSR count). The number of nitrogens with zero attached hydrogens (tertiary/aromatic N) is 6. The van der Waals surface area contributed by atoms with Crippen molar-refractivity contribution < 1.29 is 23.9 Å². The number of cyclic esters (lactones) is 1. The van der Waals surface area contributed by atoms with Crippen LogP contribution in [0.1, 0.15) is 60.4 Å². The van der Waals surface area contributed by atoms with E-state index in [4.69, 9.17) is 9.47 Å². The van der Waals surface area contributed by atoms with E-state index < -0.39 is 24.1 Å². The van der Waals surface area contributed by atoms with Crippen molar-refractivity contribution in [3.63, 3.8) is 0 Å². The minimum atomic E-state index is -1.21. The van der Waals surface area contributed by atoms with Gasteiger partial charge in [-0.3, -0.25) is 4.79 Å². The summed E-state index contributed by atoms with van der Waals surface area (Å²) < 4.78 is 12.5. The molecule has 1 unspecified atom stereocenters. The van der Waals surface area contributed by atoms with Crippen molar-refractivity contribution in [2.24, 2.45) is 4.99 Å². The number of hydrogen-bond donors (Lipinski definition) is 1. The van der Waals surface area contributed by atoms with Gasteiger partial charge in [0.25, 0.3) is 12.2 Å². The van der Waals surface area contributed by atoms with Crippen molar-refractivity contribution in [1.82, 2.24) is 30.4 Å². The summed E-state index contributed by atoms with van der Waals surface area (Å²) in [6, 6.07) is 28.8. The second-order valence-corrected chi connectivity index (χ2v) is 11.5. The highest BCUT2D eigenvalue weighted by molar-refractivity contribution is 7.08. The summed E-state index contributed by atoms with van der Waals surface area (Å²) in [5, 5.41) is 19.7. The Morgan fingerprint density at radius 3 is 2.36 bits per heavy atom. The highest BCUT2D eigenvalue weighted by atomic mass is 32.1. The predicted molar refractivity (Wildman–Crippen MR) is 170 cm³/mol. The van der Waals surface area contributed by atoms with E-state index in [0.29, 0.717) is 34.7 Å². The average Bonchev–Trinajstić information content (AvgIpc) is 3.85. The zero-order chi connectivity index (χ0) is 32.3. The van der Waals surface area contributed by atoms with Gasteiger partial charge in [0, 0.05) is 11.1 Å². The highest BCUT2D eigenvalue weighted by Gasteiger charge is 2.34. The number of aromatic nitrogens is 6. The van der Waals surface area contributed by atoms with Crippen molar-refractivity contribution in [3.8, 4) is 22.5 Å². The maximum atomic E-state index is 13.5. The van der Waals surface area contributed by atoms with E-state index in [1.807, 2.05) is 55.5 Å². The summed E-state index contributed by atoms with van der Waals surface area (Å²) in [7, 11) is 0. The van der Waals surface area contributed by atoms with Gasteiger partial charge in [-0.1, -0.05) is 97.1 Å². The van der Waals surface area contributed by atoms with Crippen LogP contribution in [0.3, 0.4) is 0 Å². The number of nitrogens with one attached hydrogen (secondary N) is 1. The van der Waals surface area contributed by atoms with Crippen LogP contribution in [0.2, 0.25) is 0 Å². The van der Waals surface area contributed by atoms with Crippen molar-refractivity contribution in [2.75, 3.05) is 0 Å². The molecular formula is C34H25N7O5S. The van der Waals surface area contributed by atoms with Gasteiger partial charge >= 0.3 is 11.9 Å². The van der Waals surface area contributed by atoms with E-state index in [1.165, 1.54) is 23.5 Å². The minimum Gasteiger partial charge on any atom is -0.417 e. The molecule has 1 aliphatic rings. The molecule has 232 valence electrons. The summed E-state index contributed by atoms with van der Waals surface area (Å²) >= 11 is 1.30. The lowest BCUT2D eigenvalue weighted by Crippen LogP contribution is -2.20. The van der Waals surface area contributed by atoms with Gasteiger partial charge in [-0.2, -0.15) is 10.1 Å². The lowest BCUT2D eigenvalue weighted by molar-refractivity contribution is -0.0724. The Bertz CT molecular complexity index is 2190. The van der Waals surface area contributed by atoms with Crippen LogP contribution in [0.15, 0.2) is 102 Å². The molecule has 0 saturated carbocycles. The molecule has 13 heteroatoms. The second-order valence-electron chi connectivity index (χ2n) is 10.5. The number of fused-ring (bicyclic) bond motifs is 1. The first-order valence-electron chi connectivity index (χ1n) is 14.7. The number of carbonyl (C=O) groups excluding carboxylic acids is 3. The zero-order valence-electron chi connectivity index (χ0n) is 24.9. The van der Waals surface area contributed by atoms with Crippen LogP contribution in [-0.4, -0.2) is 48.3 Å². The Hall–Kier alpha value is -6.08. The third kappa shape index (κ3) is 5.99. The van der Waals surface area contributed by atoms with Crippen molar-refractivity contribution in [1.29, 1.82) is 0 Å². The molecule has 0 fully saturated rings. The van der Waals surface area contributed by atoms with Crippen LogP contribution in [-0.2, 0) is 22.4 Å². The van der Waals surface area contributed by atoms with Crippen LogP contribution < -0.4 is 4.80 Å². The Morgan fingerprint density at radius 1 is 0.915 bits per heavy atom. The SMILES string of the molecule is CCc1nn(Cc2ccc(-c3ccccc3-c3nnn[nH]3)cc2)c(=NC(=O)c2ccccc2C(=O)OC2OC(=O)c3ccccc32)s1. The molecule has 47 heavy (non-hydrogen) atoms. The molecule has 0 radical (unpaired) electrons. The van der Waals surface area contributed by atoms with Crippen LogP contribution in [0.4, 0.5) is 0 Å². The fraction of sp³-hybridized carbons (Fsp3) is 0.118. The number of tetrazole rings is 1. The summed E-state index contributed by atoms with van der Waals surface area (Å²) in [6.45, 7) is 2.34. The monoisotopic (exact) mass is 643 g/mol. The van der Waals surface area contributed by atoms with Crippen LogP contribution >= 0.6 is 11.3 Å². The summed E-state index contributed by atoms with van der Waals surface area (Å²) in [5.41, 5.74) is 4.62. The molecule has 3 heterocycles. The van der Waals surface area contributed by atoms with E-state index in [-0.39, 0.29) is 11.1 Å². The summed E-state index contributed by atoms with van der Waals surface area (Å²) in [6.07, 6.45) is -0.550. The average molecular weight is 644 g/mol. The number of esters is 2. The number of hydrogen-bond acceptors (Lipinski definition) is 10. The molecule has 4 aromatic carbocycles. The van der Waals surface area contributed by atoms with Gasteiger partial charge in [0.05, 0.1) is 23.2 Å². The molecule has 1 aliphatic heterocycles. The maximum absolute atomic E-state index is 13.5. The number of carbonyl (C=O) groups is 3. The second kappa shape index (κ2) is 12.7. The Labute approximate surface area is 271 Å². The molecule has 0 spiro atoms. The van der Waals surface area contributed by atoms with Crippen LogP contribution in [0.25, 0.3) is 22.5 Å². The number of ether oxygens (including phenoxy) is 2. The van der Waals surface area contributed by atoms with Crippen molar-refractivity contribution in [3.05, 3.63) is 135 Å². The molecule has 1 N–H and O–H groups in total. The highest BCUT2D eigenvalue weighted by Crippen LogP contribution is 2.32. The third-order valence-corrected chi connectivity index (χ3v) is 8.62. The van der Waals surface area contributed by atoms with E-state index in [9.17, 15) is 14.4 Å². The molecule has 12 nitrogen and oxygen atoms in total. The van der Waals surface area contributed by atoms with E-state index >= 15 is 0 Å². The molecule has 6 aromatic rings. The maximum Gasteiger partial charge on any atom is 0.342 e. The first kappa shape index (κ1) is 29.6. The van der Waals surface area contributed by atoms with Gasteiger partial charge in [0.1, 0.15) is 5.01 Å². The smallest absolute Gasteiger partial charge is 0.342 e. The largest absolute Gasteiger partial charge is 0.417 e. The van der Waals surface area contributed by atoms with E-state index in [1.54, 1.807) is 41.1 Å². The van der Waals surface area contributed by atoms with Gasteiger partial charge in [0.2, 0.25) is 4.80 Å². The van der Waals surface area contributed by atoms with Gasteiger partial charge < -0.3 is 9.47 Å². The third-order valence-electron chi connectivity index (χ3n) is 7.53. The van der Waals surface area contributed by atoms with Gasteiger partial charge in [-0.25, -0.2) is 19.4 Å². The van der Waals surface area contributed by atoms with Crippen LogP contribution in [0, 0.1) is 0 Å². The Balaban J connectivity index is 1.13. The Morgan fingerprint density at radius 2 is 1.62 bits per heavy atom. The molecular weight excluding hydrogens is 618 g/mol. The molecule has 2 aromatic heterocycles. The molecule has 1 atom stereocenters. The van der Waals surface area contributed by atoms with Gasteiger partial charge in [-0.15, -0.1) is 5.10 Å². The first-order valence-corrected chi connectivity index (χ1v) is 15.5.